The van der Waals surface area contributed by atoms with Crippen LogP contribution in [0.3, 0.4) is 0 Å². The predicted molar refractivity (Wildman–Crippen MR) is 85.0 cm³/mol. The summed E-state index contributed by atoms with van der Waals surface area (Å²) < 4.78 is 0. The zero-order valence-corrected chi connectivity index (χ0v) is 13.1. The lowest BCUT2D eigenvalue weighted by molar-refractivity contribution is 0.194. The monoisotopic (exact) mass is 275 g/mol. The second kappa shape index (κ2) is 7.12. The van der Waals surface area contributed by atoms with E-state index in [0.717, 1.165) is 24.7 Å². The average Bonchev–Trinajstić information content (AvgIpc) is 2.43. The molecular formula is C18H29NO. The van der Waals surface area contributed by atoms with E-state index in [1.54, 1.807) is 12.1 Å². The molecule has 0 saturated heterocycles. The molecule has 1 saturated carbocycles. The highest BCUT2D eigenvalue weighted by Gasteiger charge is 2.27. The van der Waals surface area contributed by atoms with Gasteiger partial charge in [-0.05, 0) is 55.7 Å². The predicted octanol–water partition coefficient (Wildman–Crippen LogP) is 4.13. The van der Waals surface area contributed by atoms with Crippen LogP contribution < -0.4 is 5.32 Å². The van der Waals surface area contributed by atoms with Crippen LogP contribution in [0.5, 0.6) is 5.75 Å². The van der Waals surface area contributed by atoms with Gasteiger partial charge in [-0.25, -0.2) is 0 Å². The van der Waals surface area contributed by atoms with Gasteiger partial charge in [0.15, 0.2) is 0 Å². The quantitative estimate of drug-likeness (QED) is 0.847. The van der Waals surface area contributed by atoms with E-state index in [1.807, 2.05) is 12.1 Å². The molecule has 0 aliphatic heterocycles. The van der Waals surface area contributed by atoms with Gasteiger partial charge in [-0.1, -0.05) is 38.8 Å². The Bertz CT molecular complexity index is 400. The van der Waals surface area contributed by atoms with Crippen LogP contribution in [0.4, 0.5) is 0 Å². The van der Waals surface area contributed by atoms with Crippen molar-refractivity contribution in [3.63, 3.8) is 0 Å². The maximum absolute atomic E-state index is 9.29. The topological polar surface area (TPSA) is 32.3 Å². The van der Waals surface area contributed by atoms with E-state index in [2.05, 4.69) is 26.1 Å². The molecule has 2 heteroatoms. The molecule has 0 heterocycles. The lowest BCUT2D eigenvalue weighted by atomic mass is 9.78. The summed E-state index contributed by atoms with van der Waals surface area (Å²) in [6, 6.07) is 8.84. The molecule has 1 aromatic rings. The first-order chi connectivity index (χ1) is 9.56. The molecule has 0 amide bonds. The van der Waals surface area contributed by atoms with Crippen LogP contribution in [0.1, 0.15) is 52.0 Å². The molecule has 2 nitrogen and oxygen atoms in total. The SMILES string of the molecule is CC(CCc1ccc(O)cc1)NC1CCCC(C)C1C. The molecule has 0 bridgehead atoms. The van der Waals surface area contributed by atoms with Crippen molar-refractivity contribution in [1.29, 1.82) is 0 Å². The van der Waals surface area contributed by atoms with Crippen molar-refractivity contribution in [3.8, 4) is 5.75 Å². The molecule has 1 aliphatic rings. The molecule has 1 fully saturated rings. The zero-order chi connectivity index (χ0) is 14.5. The maximum atomic E-state index is 9.29. The van der Waals surface area contributed by atoms with Gasteiger partial charge in [0.25, 0.3) is 0 Å². The third-order valence-electron chi connectivity index (χ3n) is 5.01. The lowest BCUT2D eigenvalue weighted by Gasteiger charge is -2.36. The highest BCUT2D eigenvalue weighted by molar-refractivity contribution is 5.25. The summed E-state index contributed by atoms with van der Waals surface area (Å²) in [5.41, 5.74) is 1.31. The molecule has 2 rings (SSSR count). The molecule has 0 aromatic heterocycles. The maximum Gasteiger partial charge on any atom is 0.115 e. The Morgan fingerprint density at radius 2 is 1.90 bits per heavy atom. The number of phenolic OH excluding ortho intramolecular Hbond substituents is 1. The number of rotatable bonds is 5. The Morgan fingerprint density at radius 1 is 1.20 bits per heavy atom. The highest BCUT2D eigenvalue weighted by Crippen LogP contribution is 2.29. The summed E-state index contributed by atoms with van der Waals surface area (Å²) in [4.78, 5) is 0. The van der Waals surface area contributed by atoms with Crippen molar-refractivity contribution in [1.82, 2.24) is 5.32 Å². The third kappa shape index (κ3) is 4.24. The molecule has 4 atom stereocenters. The fourth-order valence-corrected chi connectivity index (χ4v) is 3.31. The minimum atomic E-state index is 0.352. The minimum Gasteiger partial charge on any atom is -0.508 e. The number of phenols is 1. The third-order valence-corrected chi connectivity index (χ3v) is 5.01. The number of hydrogen-bond acceptors (Lipinski definition) is 2. The van der Waals surface area contributed by atoms with Crippen molar-refractivity contribution in [2.24, 2.45) is 11.8 Å². The minimum absolute atomic E-state index is 0.352. The number of benzene rings is 1. The number of aryl methyl sites for hydroxylation is 1. The molecular weight excluding hydrogens is 246 g/mol. The summed E-state index contributed by atoms with van der Waals surface area (Å²) in [5.74, 6) is 2.00. The lowest BCUT2D eigenvalue weighted by Crippen LogP contribution is -2.44. The van der Waals surface area contributed by atoms with Gasteiger partial charge in [0.2, 0.25) is 0 Å². The van der Waals surface area contributed by atoms with E-state index in [1.165, 1.54) is 24.8 Å². The second-order valence-corrected chi connectivity index (χ2v) is 6.65. The van der Waals surface area contributed by atoms with Gasteiger partial charge in [-0.2, -0.15) is 0 Å². The van der Waals surface area contributed by atoms with Crippen molar-refractivity contribution in [2.45, 2.75) is 65.0 Å². The Balaban J connectivity index is 1.77. The first-order valence-electron chi connectivity index (χ1n) is 8.10. The van der Waals surface area contributed by atoms with E-state index in [4.69, 9.17) is 0 Å². The first-order valence-corrected chi connectivity index (χ1v) is 8.10. The van der Waals surface area contributed by atoms with Crippen molar-refractivity contribution >= 4 is 0 Å². The van der Waals surface area contributed by atoms with Gasteiger partial charge in [-0.3, -0.25) is 0 Å². The molecule has 2 N–H and O–H groups in total. The van der Waals surface area contributed by atoms with E-state index < -0.39 is 0 Å². The summed E-state index contributed by atoms with van der Waals surface area (Å²) in [6.45, 7) is 7.08. The first kappa shape index (κ1) is 15.4. The van der Waals surface area contributed by atoms with Gasteiger partial charge in [0, 0.05) is 12.1 Å². The summed E-state index contributed by atoms with van der Waals surface area (Å²) >= 11 is 0. The van der Waals surface area contributed by atoms with Crippen LogP contribution in [-0.4, -0.2) is 17.2 Å². The Hall–Kier alpha value is -1.02. The fourth-order valence-electron chi connectivity index (χ4n) is 3.31. The standard InChI is InChI=1S/C18H29NO/c1-13-5-4-6-18(15(13)3)19-14(2)7-8-16-9-11-17(20)12-10-16/h9-15,18-20H,4-8H2,1-3H3. The van der Waals surface area contributed by atoms with Gasteiger partial charge in [-0.15, -0.1) is 0 Å². The molecule has 1 aromatic carbocycles. The summed E-state index contributed by atoms with van der Waals surface area (Å²) in [7, 11) is 0. The van der Waals surface area contributed by atoms with Crippen molar-refractivity contribution < 1.29 is 5.11 Å². The van der Waals surface area contributed by atoms with Crippen LogP contribution >= 0.6 is 0 Å². The van der Waals surface area contributed by atoms with Gasteiger partial charge in [0.1, 0.15) is 5.75 Å². The van der Waals surface area contributed by atoms with Gasteiger partial charge >= 0.3 is 0 Å². The Kier molecular flexibility index (Phi) is 5.47. The van der Waals surface area contributed by atoms with Crippen LogP contribution in [0.25, 0.3) is 0 Å². The number of aromatic hydroxyl groups is 1. The van der Waals surface area contributed by atoms with E-state index in [-0.39, 0.29) is 0 Å². The van der Waals surface area contributed by atoms with E-state index in [0.29, 0.717) is 17.8 Å². The van der Waals surface area contributed by atoms with Gasteiger partial charge < -0.3 is 10.4 Å². The summed E-state index contributed by atoms with van der Waals surface area (Å²) in [6.07, 6.45) is 6.32. The zero-order valence-electron chi connectivity index (χ0n) is 13.1. The Labute approximate surface area is 123 Å². The normalized spacial score (nSPS) is 28.2. The molecule has 112 valence electrons. The van der Waals surface area contributed by atoms with Crippen LogP contribution in [0.15, 0.2) is 24.3 Å². The van der Waals surface area contributed by atoms with Crippen molar-refractivity contribution in [2.75, 3.05) is 0 Å². The number of nitrogens with one attached hydrogen (secondary N) is 1. The van der Waals surface area contributed by atoms with Gasteiger partial charge in [0.05, 0.1) is 0 Å². The van der Waals surface area contributed by atoms with Crippen LogP contribution in [-0.2, 0) is 6.42 Å². The highest BCUT2D eigenvalue weighted by atomic mass is 16.3. The van der Waals surface area contributed by atoms with Crippen molar-refractivity contribution in [3.05, 3.63) is 29.8 Å². The largest absolute Gasteiger partial charge is 0.508 e. The second-order valence-electron chi connectivity index (χ2n) is 6.65. The molecule has 0 spiro atoms. The van der Waals surface area contributed by atoms with E-state index in [9.17, 15) is 5.11 Å². The molecule has 0 radical (unpaired) electrons. The average molecular weight is 275 g/mol. The summed E-state index contributed by atoms with van der Waals surface area (Å²) in [5, 5.41) is 13.1. The Morgan fingerprint density at radius 3 is 2.60 bits per heavy atom. The van der Waals surface area contributed by atoms with Crippen LogP contribution in [0, 0.1) is 11.8 Å². The molecule has 4 unspecified atom stereocenters. The van der Waals surface area contributed by atoms with Crippen LogP contribution in [0.2, 0.25) is 0 Å². The van der Waals surface area contributed by atoms with E-state index >= 15 is 0 Å². The molecule has 1 aliphatic carbocycles. The molecule has 20 heavy (non-hydrogen) atoms. The fraction of sp³-hybridized carbons (Fsp3) is 0.667. The smallest absolute Gasteiger partial charge is 0.115 e. The number of hydrogen-bond donors (Lipinski definition) is 2.